The zero-order chi connectivity index (χ0) is 17.0. The quantitative estimate of drug-likeness (QED) is 0.792. The van der Waals surface area contributed by atoms with Crippen LogP contribution < -0.4 is 10.6 Å². The van der Waals surface area contributed by atoms with E-state index in [1.807, 2.05) is 26.0 Å². The molecular weight excluding hydrogens is 288 g/mol. The maximum Gasteiger partial charge on any atom is 0.251 e. The number of hydrogen-bond donors (Lipinski definition) is 2. The molecule has 0 atom stereocenters. The molecule has 2 rings (SSSR count). The predicted octanol–water partition coefficient (Wildman–Crippen LogP) is 3.19. The molecule has 2 N–H and O–H groups in total. The summed E-state index contributed by atoms with van der Waals surface area (Å²) >= 11 is 0. The molecule has 0 bridgehead atoms. The maximum absolute atomic E-state index is 12.3. The van der Waals surface area contributed by atoms with E-state index < -0.39 is 0 Å². The molecule has 124 valence electrons. The van der Waals surface area contributed by atoms with Gasteiger partial charge < -0.3 is 10.6 Å². The number of carbonyl (C=O) groups is 2. The Morgan fingerprint density at radius 3 is 2.30 bits per heavy atom. The minimum absolute atomic E-state index is 0.0398. The second-order valence-corrected chi connectivity index (χ2v) is 7.09. The first-order chi connectivity index (χ1) is 10.8. The fourth-order valence-electron chi connectivity index (χ4n) is 2.55. The van der Waals surface area contributed by atoms with Crippen LogP contribution in [0, 0.1) is 5.92 Å². The van der Waals surface area contributed by atoms with Crippen molar-refractivity contribution in [1.29, 1.82) is 0 Å². The summed E-state index contributed by atoms with van der Waals surface area (Å²) in [6, 6.07) is 7.37. The van der Waals surface area contributed by atoms with Gasteiger partial charge in [-0.25, -0.2) is 0 Å². The summed E-state index contributed by atoms with van der Waals surface area (Å²) in [7, 11) is 0. The molecule has 1 aliphatic carbocycles. The lowest BCUT2D eigenvalue weighted by Gasteiger charge is -2.26. The van der Waals surface area contributed by atoms with Gasteiger partial charge in [0.15, 0.2) is 0 Å². The van der Waals surface area contributed by atoms with Gasteiger partial charge in [0.1, 0.15) is 0 Å². The molecule has 1 aromatic rings. The number of hydrogen-bond acceptors (Lipinski definition) is 2. The minimum atomic E-state index is -0.145. The second-order valence-electron chi connectivity index (χ2n) is 7.09. The molecule has 0 heterocycles. The highest BCUT2D eigenvalue weighted by atomic mass is 16.2. The monoisotopic (exact) mass is 314 g/mol. The summed E-state index contributed by atoms with van der Waals surface area (Å²) in [5.74, 6) is 0.455. The number of amides is 2. The van der Waals surface area contributed by atoms with Crippen LogP contribution in [0.2, 0.25) is 0 Å². The Balaban J connectivity index is 1.90. The first-order valence-electron chi connectivity index (χ1n) is 8.12. The van der Waals surface area contributed by atoms with Crippen molar-refractivity contribution in [2.75, 3.05) is 0 Å². The number of nitrogens with one attached hydrogen (secondary N) is 2. The molecule has 4 nitrogen and oxygen atoms in total. The molecular formula is C19H26N2O2. The zero-order valence-electron chi connectivity index (χ0n) is 14.4. The molecule has 2 amide bonds. The third-order valence-electron chi connectivity index (χ3n) is 4.14. The fraction of sp³-hybridized carbons (Fsp3) is 0.474. The molecule has 0 spiro atoms. The van der Waals surface area contributed by atoms with Gasteiger partial charge in [0.05, 0.1) is 0 Å². The van der Waals surface area contributed by atoms with E-state index in [9.17, 15) is 9.59 Å². The Morgan fingerprint density at radius 2 is 1.78 bits per heavy atom. The summed E-state index contributed by atoms with van der Waals surface area (Å²) in [5.41, 5.74) is 2.44. The Labute approximate surface area is 138 Å². The topological polar surface area (TPSA) is 58.2 Å². The Bertz CT molecular complexity index is 607. The number of rotatable bonds is 6. The number of carbonyl (C=O) groups excluding carboxylic acids is 2. The summed E-state index contributed by atoms with van der Waals surface area (Å²) in [6.07, 6.45) is 3.96. The lowest BCUT2D eigenvalue weighted by atomic mass is 9.98. The molecule has 1 fully saturated rings. The van der Waals surface area contributed by atoms with E-state index in [0.717, 1.165) is 11.1 Å². The van der Waals surface area contributed by atoms with Crippen molar-refractivity contribution >= 4 is 11.8 Å². The molecule has 23 heavy (non-hydrogen) atoms. The van der Waals surface area contributed by atoms with Crippen LogP contribution in [0.3, 0.4) is 0 Å². The van der Waals surface area contributed by atoms with E-state index >= 15 is 0 Å². The summed E-state index contributed by atoms with van der Waals surface area (Å²) in [5, 5.41) is 5.93. The molecule has 0 aromatic heterocycles. The van der Waals surface area contributed by atoms with Crippen molar-refractivity contribution in [3.05, 3.63) is 47.0 Å². The minimum Gasteiger partial charge on any atom is -0.348 e. The van der Waals surface area contributed by atoms with Gasteiger partial charge in [0, 0.05) is 23.7 Å². The van der Waals surface area contributed by atoms with E-state index in [4.69, 9.17) is 0 Å². The summed E-state index contributed by atoms with van der Waals surface area (Å²) in [6.45, 7) is 8.38. The lowest BCUT2D eigenvalue weighted by Crippen LogP contribution is -2.45. The normalized spacial score (nSPS) is 14.1. The van der Waals surface area contributed by atoms with E-state index in [1.54, 1.807) is 18.2 Å². The SMILES string of the molecule is CC(C)=CC(=O)NCc1ccc(C(=O)NC(C)(C)C2CC2)cc1. The van der Waals surface area contributed by atoms with E-state index in [1.165, 1.54) is 12.8 Å². The number of benzene rings is 1. The average molecular weight is 314 g/mol. The van der Waals surface area contributed by atoms with Gasteiger partial charge in [-0.2, -0.15) is 0 Å². The number of allylic oxidation sites excluding steroid dienone is 1. The van der Waals surface area contributed by atoms with Crippen molar-refractivity contribution in [3.8, 4) is 0 Å². The van der Waals surface area contributed by atoms with Crippen LogP contribution in [0.4, 0.5) is 0 Å². The molecule has 0 unspecified atom stereocenters. The van der Waals surface area contributed by atoms with Crippen LogP contribution in [0.5, 0.6) is 0 Å². The van der Waals surface area contributed by atoms with Gasteiger partial charge in [-0.1, -0.05) is 17.7 Å². The summed E-state index contributed by atoms with van der Waals surface area (Å²) in [4.78, 5) is 23.9. The van der Waals surface area contributed by atoms with Crippen LogP contribution in [0.15, 0.2) is 35.9 Å². The predicted molar refractivity (Wildman–Crippen MR) is 92.0 cm³/mol. The third kappa shape index (κ3) is 5.23. The average Bonchev–Trinajstić information content (AvgIpc) is 3.29. The summed E-state index contributed by atoms with van der Waals surface area (Å²) < 4.78 is 0. The van der Waals surface area contributed by atoms with E-state index in [2.05, 4.69) is 24.5 Å². The highest BCUT2D eigenvalue weighted by Crippen LogP contribution is 2.39. The van der Waals surface area contributed by atoms with Crippen molar-refractivity contribution in [2.45, 2.75) is 52.6 Å². The Kier molecular flexibility index (Phi) is 5.24. The standard InChI is InChI=1S/C19H26N2O2/c1-13(2)11-17(22)20-12-14-5-7-15(8-6-14)18(23)21-19(3,4)16-9-10-16/h5-8,11,16H,9-10,12H2,1-4H3,(H,20,22)(H,21,23). The largest absolute Gasteiger partial charge is 0.348 e. The fourth-order valence-corrected chi connectivity index (χ4v) is 2.55. The van der Waals surface area contributed by atoms with Gasteiger partial charge >= 0.3 is 0 Å². The van der Waals surface area contributed by atoms with Gasteiger partial charge in [-0.05, 0) is 64.2 Å². The van der Waals surface area contributed by atoms with Gasteiger partial charge in [-0.3, -0.25) is 9.59 Å². The third-order valence-corrected chi connectivity index (χ3v) is 4.14. The first-order valence-corrected chi connectivity index (χ1v) is 8.12. The van der Waals surface area contributed by atoms with E-state index in [0.29, 0.717) is 18.0 Å². The second kappa shape index (κ2) is 6.99. The molecule has 1 saturated carbocycles. The van der Waals surface area contributed by atoms with E-state index in [-0.39, 0.29) is 17.4 Å². The van der Waals surface area contributed by atoms with Crippen molar-refractivity contribution in [3.63, 3.8) is 0 Å². The highest BCUT2D eigenvalue weighted by molar-refractivity contribution is 5.94. The van der Waals surface area contributed by atoms with Crippen LogP contribution >= 0.6 is 0 Å². The maximum atomic E-state index is 12.3. The Morgan fingerprint density at radius 1 is 1.17 bits per heavy atom. The van der Waals surface area contributed by atoms with Crippen LogP contribution in [-0.4, -0.2) is 17.4 Å². The van der Waals surface area contributed by atoms with Crippen LogP contribution in [-0.2, 0) is 11.3 Å². The molecule has 0 saturated heterocycles. The van der Waals surface area contributed by atoms with Crippen molar-refractivity contribution in [2.24, 2.45) is 5.92 Å². The molecule has 0 radical (unpaired) electrons. The first kappa shape index (κ1) is 17.3. The Hall–Kier alpha value is -2.10. The lowest BCUT2D eigenvalue weighted by molar-refractivity contribution is -0.116. The van der Waals surface area contributed by atoms with Gasteiger partial charge in [-0.15, -0.1) is 0 Å². The van der Waals surface area contributed by atoms with Gasteiger partial charge in [0.25, 0.3) is 5.91 Å². The smallest absolute Gasteiger partial charge is 0.251 e. The van der Waals surface area contributed by atoms with Crippen molar-refractivity contribution in [1.82, 2.24) is 10.6 Å². The molecule has 1 aliphatic rings. The van der Waals surface area contributed by atoms with Crippen molar-refractivity contribution < 1.29 is 9.59 Å². The molecule has 0 aliphatic heterocycles. The highest BCUT2D eigenvalue weighted by Gasteiger charge is 2.38. The van der Waals surface area contributed by atoms with Crippen LogP contribution in [0.25, 0.3) is 0 Å². The van der Waals surface area contributed by atoms with Gasteiger partial charge in [0.2, 0.25) is 5.91 Å². The molecule has 1 aromatic carbocycles. The van der Waals surface area contributed by atoms with Crippen LogP contribution in [0.1, 0.15) is 56.5 Å². The zero-order valence-corrected chi connectivity index (χ0v) is 14.4. The molecule has 4 heteroatoms.